The Bertz CT molecular complexity index is 251. The third-order valence-electron chi connectivity index (χ3n) is 4.01. The van der Waals surface area contributed by atoms with Crippen LogP contribution in [0.4, 0.5) is 0 Å². The molecule has 0 aromatic rings. The van der Waals surface area contributed by atoms with Gasteiger partial charge in [-0.3, -0.25) is 9.69 Å². The van der Waals surface area contributed by atoms with E-state index in [1.807, 2.05) is 7.05 Å². The van der Waals surface area contributed by atoms with E-state index in [-0.39, 0.29) is 5.91 Å². The van der Waals surface area contributed by atoms with Gasteiger partial charge in [0.1, 0.15) is 0 Å². The van der Waals surface area contributed by atoms with Crippen molar-refractivity contribution in [3.63, 3.8) is 0 Å². The first kappa shape index (κ1) is 12.8. The lowest BCUT2D eigenvalue weighted by Crippen LogP contribution is -2.45. The summed E-state index contributed by atoms with van der Waals surface area (Å²) in [4.78, 5) is 14.3. The zero-order valence-electron chi connectivity index (χ0n) is 10.9. The molecule has 1 unspecified atom stereocenters. The number of nitrogens with zero attached hydrogens (tertiary/aromatic N) is 1. The number of likely N-dealkylation sites (tertiary alicyclic amines) is 1. The zero-order valence-corrected chi connectivity index (χ0v) is 10.9. The number of carbonyl (C=O) groups excluding carboxylic acids is 1. The van der Waals surface area contributed by atoms with E-state index in [1.54, 1.807) is 0 Å². The van der Waals surface area contributed by atoms with Crippen molar-refractivity contribution in [3.8, 4) is 0 Å². The smallest absolute Gasteiger partial charge is 0.234 e. The van der Waals surface area contributed by atoms with Crippen LogP contribution in [0.25, 0.3) is 0 Å². The van der Waals surface area contributed by atoms with Crippen molar-refractivity contribution >= 4 is 5.91 Å². The first-order valence-electron chi connectivity index (χ1n) is 6.97. The summed E-state index contributed by atoms with van der Waals surface area (Å²) in [5.41, 5.74) is 0. The highest BCUT2D eigenvalue weighted by atomic mass is 16.2. The maximum Gasteiger partial charge on any atom is 0.234 e. The first-order chi connectivity index (χ1) is 8.29. The van der Waals surface area contributed by atoms with Crippen LogP contribution >= 0.6 is 0 Å². The number of amides is 1. The molecule has 2 rings (SSSR count). The first-order valence-corrected chi connectivity index (χ1v) is 6.97. The monoisotopic (exact) mass is 239 g/mol. The van der Waals surface area contributed by atoms with Gasteiger partial charge in [0.05, 0.1) is 6.54 Å². The lowest BCUT2D eigenvalue weighted by atomic mass is 10.2. The van der Waals surface area contributed by atoms with E-state index in [9.17, 15) is 4.79 Å². The van der Waals surface area contributed by atoms with Crippen molar-refractivity contribution in [2.45, 2.75) is 50.6 Å². The molecule has 0 aromatic heterocycles. The van der Waals surface area contributed by atoms with Gasteiger partial charge in [0.15, 0.2) is 0 Å². The van der Waals surface area contributed by atoms with Crippen LogP contribution < -0.4 is 10.6 Å². The molecule has 0 aromatic carbocycles. The summed E-state index contributed by atoms with van der Waals surface area (Å²) in [5.74, 6) is 0.222. The molecule has 1 saturated heterocycles. The Morgan fingerprint density at radius 1 is 1.24 bits per heavy atom. The van der Waals surface area contributed by atoms with E-state index >= 15 is 0 Å². The summed E-state index contributed by atoms with van der Waals surface area (Å²) in [6, 6.07) is 1.00. The van der Waals surface area contributed by atoms with Crippen LogP contribution in [-0.2, 0) is 4.79 Å². The molecule has 1 heterocycles. The maximum absolute atomic E-state index is 11.9. The Hall–Kier alpha value is -0.610. The highest BCUT2D eigenvalue weighted by Gasteiger charge is 2.26. The third-order valence-corrected chi connectivity index (χ3v) is 4.01. The molecule has 1 saturated carbocycles. The van der Waals surface area contributed by atoms with Crippen molar-refractivity contribution in [1.82, 2.24) is 15.5 Å². The van der Waals surface area contributed by atoms with Crippen molar-refractivity contribution in [1.29, 1.82) is 0 Å². The number of likely N-dealkylation sites (N-methyl/N-ethyl adjacent to an activating group) is 1. The highest BCUT2D eigenvalue weighted by molar-refractivity contribution is 5.78. The van der Waals surface area contributed by atoms with Gasteiger partial charge in [-0.25, -0.2) is 0 Å². The number of carbonyl (C=O) groups is 1. The second-order valence-electron chi connectivity index (χ2n) is 5.37. The molecule has 1 amide bonds. The van der Waals surface area contributed by atoms with Crippen LogP contribution in [0.5, 0.6) is 0 Å². The van der Waals surface area contributed by atoms with Crippen molar-refractivity contribution in [2.75, 3.05) is 26.7 Å². The Morgan fingerprint density at radius 2 is 2.00 bits per heavy atom. The minimum absolute atomic E-state index is 0.222. The van der Waals surface area contributed by atoms with Gasteiger partial charge in [-0.15, -0.1) is 0 Å². The average Bonchev–Trinajstić information content (AvgIpc) is 2.92. The molecule has 0 bridgehead atoms. The Kier molecular flexibility index (Phi) is 4.80. The van der Waals surface area contributed by atoms with E-state index in [4.69, 9.17) is 0 Å². The SMILES string of the molecule is CNCC1CCCN1CC(=O)NC1CCCC1. The zero-order chi connectivity index (χ0) is 12.1. The normalized spacial score (nSPS) is 26.5. The minimum atomic E-state index is 0.222. The second-order valence-corrected chi connectivity index (χ2v) is 5.37. The van der Waals surface area contributed by atoms with Gasteiger partial charge < -0.3 is 10.6 Å². The van der Waals surface area contributed by atoms with Crippen LogP contribution in [0.15, 0.2) is 0 Å². The van der Waals surface area contributed by atoms with Crippen molar-refractivity contribution in [2.24, 2.45) is 0 Å². The van der Waals surface area contributed by atoms with Gasteiger partial charge in [-0.2, -0.15) is 0 Å². The Morgan fingerprint density at radius 3 is 2.71 bits per heavy atom. The topological polar surface area (TPSA) is 44.4 Å². The Balaban J connectivity index is 1.73. The van der Waals surface area contributed by atoms with E-state index in [1.165, 1.54) is 38.5 Å². The fourth-order valence-electron chi connectivity index (χ4n) is 3.10. The van der Waals surface area contributed by atoms with Gasteiger partial charge >= 0.3 is 0 Å². The van der Waals surface area contributed by atoms with E-state index in [0.717, 1.165) is 13.1 Å². The molecule has 4 heteroatoms. The molecule has 0 radical (unpaired) electrons. The fraction of sp³-hybridized carbons (Fsp3) is 0.923. The summed E-state index contributed by atoms with van der Waals surface area (Å²) in [6.45, 7) is 2.66. The van der Waals surface area contributed by atoms with E-state index in [0.29, 0.717) is 18.6 Å². The van der Waals surface area contributed by atoms with Crippen molar-refractivity contribution < 1.29 is 4.79 Å². The van der Waals surface area contributed by atoms with Crippen molar-refractivity contribution in [3.05, 3.63) is 0 Å². The third kappa shape index (κ3) is 3.68. The van der Waals surface area contributed by atoms with Gasteiger partial charge in [-0.05, 0) is 39.3 Å². The quantitative estimate of drug-likeness (QED) is 0.743. The summed E-state index contributed by atoms with van der Waals surface area (Å²) < 4.78 is 0. The largest absolute Gasteiger partial charge is 0.352 e. The van der Waals surface area contributed by atoms with Crippen LogP contribution in [0.2, 0.25) is 0 Å². The molecule has 1 atom stereocenters. The summed E-state index contributed by atoms with van der Waals surface area (Å²) in [5, 5.41) is 6.38. The molecule has 2 fully saturated rings. The van der Waals surface area contributed by atoms with Crippen LogP contribution in [0, 0.1) is 0 Å². The maximum atomic E-state index is 11.9. The van der Waals surface area contributed by atoms with Gasteiger partial charge in [-0.1, -0.05) is 12.8 Å². The second kappa shape index (κ2) is 6.36. The van der Waals surface area contributed by atoms with E-state index < -0.39 is 0 Å². The minimum Gasteiger partial charge on any atom is -0.352 e. The number of rotatable bonds is 5. The molecule has 1 aliphatic heterocycles. The predicted octanol–water partition coefficient (Wildman–Crippen LogP) is 0.729. The Labute approximate surface area is 104 Å². The highest BCUT2D eigenvalue weighted by Crippen LogP contribution is 2.18. The summed E-state index contributed by atoms with van der Waals surface area (Å²) in [6.07, 6.45) is 7.34. The number of hydrogen-bond acceptors (Lipinski definition) is 3. The molecule has 1 aliphatic carbocycles. The van der Waals surface area contributed by atoms with Gasteiger partial charge in [0, 0.05) is 18.6 Å². The molecular weight excluding hydrogens is 214 g/mol. The predicted molar refractivity (Wildman–Crippen MR) is 68.9 cm³/mol. The van der Waals surface area contributed by atoms with E-state index in [2.05, 4.69) is 15.5 Å². The molecule has 2 aliphatic rings. The lowest BCUT2D eigenvalue weighted by Gasteiger charge is -2.24. The fourth-order valence-corrected chi connectivity index (χ4v) is 3.10. The molecular formula is C13H25N3O. The van der Waals surface area contributed by atoms with Crippen LogP contribution in [-0.4, -0.2) is 49.6 Å². The molecule has 2 N–H and O–H groups in total. The summed E-state index contributed by atoms with van der Waals surface area (Å²) in [7, 11) is 1.98. The van der Waals surface area contributed by atoms with Crippen LogP contribution in [0.3, 0.4) is 0 Å². The molecule has 98 valence electrons. The van der Waals surface area contributed by atoms with Gasteiger partial charge in [0.25, 0.3) is 0 Å². The molecule has 17 heavy (non-hydrogen) atoms. The number of nitrogens with one attached hydrogen (secondary N) is 2. The standard InChI is InChI=1S/C13H25N3O/c1-14-9-12-7-4-8-16(12)10-13(17)15-11-5-2-3-6-11/h11-12,14H,2-10H2,1H3,(H,15,17). The molecule has 4 nitrogen and oxygen atoms in total. The summed E-state index contributed by atoms with van der Waals surface area (Å²) >= 11 is 0. The number of hydrogen-bond donors (Lipinski definition) is 2. The lowest BCUT2D eigenvalue weighted by molar-refractivity contribution is -0.123. The molecule has 0 spiro atoms. The average molecular weight is 239 g/mol. The van der Waals surface area contributed by atoms with Crippen LogP contribution in [0.1, 0.15) is 38.5 Å². The van der Waals surface area contributed by atoms with Gasteiger partial charge in [0.2, 0.25) is 5.91 Å².